The number of rotatable bonds is 6. The standard InChI is InChI=1S/C22H22N4O2/c1-15-10-11-18(13-16(15)2)19-14-20(25-24-19)22(27)26-23-12-6-8-17-7-4-5-9-21(17)28-3/h4-14H,1-3H3,(H,24,25)(H,26,27)/b8-6+,23-12-. The Hall–Kier alpha value is -3.67. The van der Waals surface area contributed by atoms with Crippen LogP contribution in [0.15, 0.2) is 59.7 Å². The van der Waals surface area contributed by atoms with Crippen LogP contribution in [-0.2, 0) is 0 Å². The van der Waals surface area contributed by atoms with E-state index < -0.39 is 0 Å². The lowest BCUT2D eigenvalue weighted by Crippen LogP contribution is -2.17. The summed E-state index contributed by atoms with van der Waals surface area (Å²) in [4.78, 5) is 12.2. The van der Waals surface area contributed by atoms with Gasteiger partial charge in [0.15, 0.2) is 0 Å². The molecular formula is C22H22N4O2. The van der Waals surface area contributed by atoms with Crippen molar-refractivity contribution in [2.45, 2.75) is 13.8 Å². The van der Waals surface area contributed by atoms with E-state index in [1.165, 1.54) is 17.3 Å². The van der Waals surface area contributed by atoms with Gasteiger partial charge in [-0.3, -0.25) is 9.89 Å². The van der Waals surface area contributed by atoms with E-state index in [-0.39, 0.29) is 5.91 Å². The van der Waals surface area contributed by atoms with Crippen molar-refractivity contribution in [2.75, 3.05) is 7.11 Å². The number of carbonyl (C=O) groups excluding carboxylic acids is 1. The molecule has 3 rings (SSSR count). The fourth-order valence-electron chi connectivity index (χ4n) is 2.64. The second-order valence-corrected chi connectivity index (χ2v) is 6.29. The van der Waals surface area contributed by atoms with Gasteiger partial charge in [-0.2, -0.15) is 10.2 Å². The summed E-state index contributed by atoms with van der Waals surface area (Å²) in [5, 5.41) is 10.9. The Kier molecular flexibility index (Phi) is 6.01. The summed E-state index contributed by atoms with van der Waals surface area (Å²) in [7, 11) is 1.62. The maximum atomic E-state index is 12.2. The molecule has 0 aliphatic rings. The molecule has 6 heteroatoms. The highest BCUT2D eigenvalue weighted by atomic mass is 16.5. The van der Waals surface area contributed by atoms with Crippen molar-refractivity contribution in [3.63, 3.8) is 0 Å². The number of allylic oxidation sites excluding steroid dienone is 1. The Labute approximate surface area is 163 Å². The molecule has 0 aliphatic heterocycles. The van der Waals surface area contributed by atoms with Crippen molar-refractivity contribution in [1.29, 1.82) is 0 Å². The van der Waals surface area contributed by atoms with Gasteiger partial charge in [0.2, 0.25) is 0 Å². The van der Waals surface area contributed by atoms with Crippen molar-refractivity contribution in [3.05, 3.63) is 77.0 Å². The van der Waals surface area contributed by atoms with Gasteiger partial charge >= 0.3 is 0 Å². The van der Waals surface area contributed by atoms with Crippen LogP contribution < -0.4 is 10.2 Å². The molecule has 6 nitrogen and oxygen atoms in total. The van der Waals surface area contributed by atoms with Gasteiger partial charge < -0.3 is 4.74 Å². The van der Waals surface area contributed by atoms with Crippen LogP contribution in [0.3, 0.4) is 0 Å². The normalized spacial score (nSPS) is 11.2. The molecule has 0 saturated carbocycles. The Balaban J connectivity index is 1.61. The molecule has 0 aliphatic carbocycles. The molecule has 0 fully saturated rings. The van der Waals surface area contributed by atoms with E-state index in [0.717, 1.165) is 16.9 Å². The van der Waals surface area contributed by atoms with Crippen molar-refractivity contribution in [2.24, 2.45) is 5.10 Å². The van der Waals surface area contributed by atoms with E-state index in [2.05, 4.69) is 27.6 Å². The lowest BCUT2D eigenvalue weighted by Gasteiger charge is -2.02. The Bertz CT molecular complexity index is 1030. The Morgan fingerprint density at radius 3 is 2.75 bits per heavy atom. The second kappa shape index (κ2) is 8.81. The number of methoxy groups -OCH3 is 1. The smallest absolute Gasteiger partial charge is 0.289 e. The monoisotopic (exact) mass is 374 g/mol. The summed E-state index contributed by atoms with van der Waals surface area (Å²) in [6, 6.07) is 15.4. The van der Waals surface area contributed by atoms with Gasteiger partial charge in [0.05, 0.1) is 12.8 Å². The zero-order valence-electron chi connectivity index (χ0n) is 16.1. The van der Waals surface area contributed by atoms with Crippen LogP contribution >= 0.6 is 0 Å². The molecule has 1 aromatic heterocycles. The number of aromatic nitrogens is 2. The Morgan fingerprint density at radius 1 is 1.14 bits per heavy atom. The second-order valence-electron chi connectivity index (χ2n) is 6.29. The van der Waals surface area contributed by atoms with E-state index in [0.29, 0.717) is 11.4 Å². The highest BCUT2D eigenvalue weighted by molar-refractivity contribution is 5.94. The number of ether oxygens (including phenoxy) is 1. The third kappa shape index (κ3) is 4.54. The quantitative estimate of drug-likeness (QED) is 0.503. The third-order valence-electron chi connectivity index (χ3n) is 4.37. The van der Waals surface area contributed by atoms with Crippen molar-refractivity contribution >= 4 is 18.2 Å². The van der Waals surface area contributed by atoms with E-state index in [1.54, 1.807) is 19.3 Å². The molecule has 142 valence electrons. The number of hydrogen-bond acceptors (Lipinski definition) is 4. The highest BCUT2D eigenvalue weighted by Gasteiger charge is 2.10. The molecule has 3 aromatic rings. The zero-order chi connectivity index (χ0) is 19.9. The minimum absolute atomic E-state index is 0.346. The predicted octanol–water partition coefficient (Wildman–Crippen LogP) is 4.13. The third-order valence-corrected chi connectivity index (χ3v) is 4.37. The van der Waals surface area contributed by atoms with E-state index >= 15 is 0 Å². The van der Waals surface area contributed by atoms with Crippen LogP contribution in [0, 0.1) is 13.8 Å². The molecule has 0 atom stereocenters. The first-order chi connectivity index (χ1) is 13.6. The fourth-order valence-corrected chi connectivity index (χ4v) is 2.64. The Morgan fingerprint density at radius 2 is 1.96 bits per heavy atom. The number of hydrogen-bond donors (Lipinski definition) is 2. The van der Waals surface area contributed by atoms with Crippen molar-refractivity contribution < 1.29 is 9.53 Å². The molecule has 0 bridgehead atoms. The number of amides is 1. The zero-order valence-corrected chi connectivity index (χ0v) is 16.1. The molecule has 0 saturated heterocycles. The number of aromatic amines is 1. The molecule has 0 radical (unpaired) electrons. The van der Waals surface area contributed by atoms with Crippen molar-refractivity contribution in [1.82, 2.24) is 15.6 Å². The van der Waals surface area contributed by atoms with Crippen molar-refractivity contribution in [3.8, 4) is 17.0 Å². The summed E-state index contributed by atoms with van der Waals surface area (Å²) >= 11 is 0. The molecule has 1 heterocycles. The highest BCUT2D eigenvalue weighted by Crippen LogP contribution is 2.21. The van der Waals surface area contributed by atoms with Gasteiger partial charge in [-0.15, -0.1) is 0 Å². The van der Waals surface area contributed by atoms with Gasteiger partial charge in [0, 0.05) is 17.3 Å². The van der Waals surface area contributed by atoms with Gasteiger partial charge in [-0.05, 0) is 55.3 Å². The van der Waals surface area contributed by atoms with E-state index in [4.69, 9.17) is 4.74 Å². The van der Waals surface area contributed by atoms with Gasteiger partial charge in [-0.25, -0.2) is 5.43 Å². The molecule has 28 heavy (non-hydrogen) atoms. The van der Waals surface area contributed by atoms with Crippen LogP contribution in [0.2, 0.25) is 0 Å². The number of benzene rings is 2. The minimum Gasteiger partial charge on any atom is -0.496 e. The number of para-hydroxylation sites is 1. The average molecular weight is 374 g/mol. The molecular weight excluding hydrogens is 352 g/mol. The maximum Gasteiger partial charge on any atom is 0.289 e. The lowest BCUT2D eigenvalue weighted by atomic mass is 10.0. The van der Waals surface area contributed by atoms with Crippen LogP contribution in [0.5, 0.6) is 5.75 Å². The molecule has 2 N–H and O–H groups in total. The number of nitrogens with one attached hydrogen (secondary N) is 2. The number of H-pyrrole nitrogens is 1. The molecule has 0 unspecified atom stereocenters. The van der Waals surface area contributed by atoms with E-state index in [9.17, 15) is 4.79 Å². The topological polar surface area (TPSA) is 79.4 Å². The number of hydrazone groups is 1. The number of nitrogens with zero attached hydrogens (tertiary/aromatic N) is 2. The predicted molar refractivity (Wildman–Crippen MR) is 111 cm³/mol. The number of carbonyl (C=O) groups is 1. The fraction of sp³-hybridized carbons (Fsp3) is 0.136. The van der Waals surface area contributed by atoms with Gasteiger partial charge in [-0.1, -0.05) is 30.3 Å². The van der Waals surface area contributed by atoms with Crippen LogP contribution in [0.1, 0.15) is 27.2 Å². The van der Waals surface area contributed by atoms with E-state index in [1.807, 2.05) is 55.5 Å². The van der Waals surface area contributed by atoms with Gasteiger partial charge in [0.1, 0.15) is 11.4 Å². The van der Waals surface area contributed by atoms with Crippen LogP contribution in [0.4, 0.5) is 0 Å². The summed E-state index contributed by atoms with van der Waals surface area (Å²) in [5.74, 6) is 0.414. The van der Waals surface area contributed by atoms with Gasteiger partial charge in [0.25, 0.3) is 5.91 Å². The summed E-state index contributed by atoms with van der Waals surface area (Å²) in [6.45, 7) is 4.11. The van der Waals surface area contributed by atoms with Crippen LogP contribution in [-0.4, -0.2) is 29.4 Å². The molecule has 1 amide bonds. The molecule has 0 spiro atoms. The maximum absolute atomic E-state index is 12.2. The first-order valence-electron chi connectivity index (χ1n) is 8.84. The largest absolute Gasteiger partial charge is 0.496 e. The summed E-state index contributed by atoms with van der Waals surface area (Å²) in [6.07, 6.45) is 5.08. The average Bonchev–Trinajstić information content (AvgIpc) is 3.20. The summed E-state index contributed by atoms with van der Waals surface area (Å²) < 4.78 is 5.27. The van der Waals surface area contributed by atoms with Crippen LogP contribution in [0.25, 0.3) is 17.3 Å². The lowest BCUT2D eigenvalue weighted by molar-refractivity contribution is 0.0950. The summed E-state index contributed by atoms with van der Waals surface area (Å²) in [5.41, 5.74) is 7.82. The molecule has 2 aromatic carbocycles. The first-order valence-corrected chi connectivity index (χ1v) is 8.84. The minimum atomic E-state index is -0.357. The number of aryl methyl sites for hydroxylation is 2. The SMILES string of the molecule is COc1ccccc1/C=C/C=N\NC(=O)c1cc(-c2ccc(C)c(C)c2)n[nH]1. The first kappa shape index (κ1) is 19.1.